The van der Waals surface area contributed by atoms with Gasteiger partial charge in [-0.3, -0.25) is 9.59 Å². The van der Waals surface area contributed by atoms with Crippen LogP contribution in [0, 0.1) is 5.92 Å². The first-order chi connectivity index (χ1) is 6.50. The monoisotopic (exact) mass is 196 g/mol. The zero-order chi connectivity index (χ0) is 10.7. The summed E-state index contributed by atoms with van der Waals surface area (Å²) in [6.07, 6.45) is 2.27. The summed E-state index contributed by atoms with van der Waals surface area (Å²) in [6, 6.07) is -0.597. The second kappa shape index (κ2) is 4.26. The molecule has 1 aliphatic rings. The van der Waals surface area contributed by atoms with Gasteiger partial charge in [0.25, 0.3) is 0 Å². The molecular formula is C10H16N2O2. The molecule has 1 fully saturated rings. The number of primary amides is 1. The van der Waals surface area contributed by atoms with Crippen LogP contribution in [-0.4, -0.2) is 17.9 Å². The molecule has 2 amide bonds. The lowest BCUT2D eigenvalue weighted by Crippen LogP contribution is -2.45. The average molecular weight is 196 g/mol. The van der Waals surface area contributed by atoms with Gasteiger partial charge in [-0.25, -0.2) is 0 Å². The van der Waals surface area contributed by atoms with Gasteiger partial charge in [-0.05, 0) is 26.2 Å². The first kappa shape index (κ1) is 10.8. The van der Waals surface area contributed by atoms with Gasteiger partial charge < -0.3 is 11.1 Å². The van der Waals surface area contributed by atoms with E-state index < -0.39 is 11.9 Å². The van der Waals surface area contributed by atoms with E-state index in [1.165, 1.54) is 0 Å². The zero-order valence-corrected chi connectivity index (χ0v) is 8.38. The molecule has 0 heterocycles. The van der Waals surface area contributed by atoms with Crippen molar-refractivity contribution in [3.8, 4) is 0 Å². The SMILES string of the molecule is C=C(C)C[C@@H](NC(=O)C1CC1)C(N)=O. The molecular weight excluding hydrogens is 180 g/mol. The van der Waals surface area contributed by atoms with E-state index in [-0.39, 0.29) is 11.8 Å². The normalized spacial score (nSPS) is 17.2. The molecule has 0 aliphatic heterocycles. The summed E-state index contributed by atoms with van der Waals surface area (Å²) in [4.78, 5) is 22.3. The maximum atomic E-state index is 11.4. The number of hydrogen-bond donors (Lipinski definition) is 2. The van der Waals surface area contributed by atoms with Gasteiger partial charge in [0.1, 0.15) is 6.04 Å². The molecule has 0 bridgehead atoms. The molecule has 4 heteroatoms. The lowest BCUT2D eigenvalue weighted by molar-refractivity contribution is -0.128. The molecule has 0 spiro atoms. The Morgan fingerprint density at radius 2 is 2.14 bits per heavy atom. The van der Waals surface area contributed by atoms with E-state index in [9.17, 15) is 9.59 Å². The van der Waals surface area contributed by atoms with Gasteiger partial charge in [0.2, 0.25) is 11.8 Å². The van der Waals surface area contributed by atoms with Gasteiger partial charge in [-0.1, -0.05) is 5.57 Å². The van der Waals surface area contributed by atoms with E-state index >= 15 is 0 Å². The van der Waals surface area contributed by atoms with Crippen LogP contribution in [0.5, 0.6) is 0 Å². The molecule has 0 aromatic rings. The molecule has 78 valence electrons. The molecule has 0 radical (unpaired) electrons. The van der Waals surface area contributed by atoms with Crippen molar-refractivity contribution < 1.29 is 9.59 Å². The van der Waals surface area contributed by atoms with Crippen LogP contribution >= 0.6 is 0 Å². The standard InChI is InChI=1S/C10H16N2O2/c1-6(2)5-8(9(11)13)12-10(14)7-3-4-7/h7-8H,1,3-5H2,2H3,(H2,11,13)(H,12,14)/t8-/m1/s1. The van der Waals surface area contributed by atoms with Crippen molar-refractivity contribution in [1.29, 1.82) is 0 Å². The highest BCUT2D eigenvalue weighted by Gasteiger charge is 2.31. The Morgan fingerprint density at radius 1 is 1.57 bits per heavy atom. The number of carbonyl (C=O) groups excluding carboxylic acids is 2. The summed E-state index contributed by atoms with van der Waals surface area (Å²) >= 11 is 0. The maximum Gasteiger partial charge on any atom is 0.240 e. The van der Waals surface area contributed by atoms with Crippen molar-refractivity contribution in [2.24, 2.45) is 11.7 Å². The Morgan fingerprint density at radius 3 is 2.50 bits per heavy atom. The Hall–Kier alpha value is -1.32. The maximum absolute atomic E-state index is 11.4. The van der Waals surface area contributed by atoms with Crippen LogP contribution in [0.2, 0.25) is 0 Å². The van der Waals surface area contributed by atoms with E-state index in [1.807, 2.05) is 0 Å². The fourth-order valence-electron chi connectivity index (χ4n) is 1.21. The van der Waals surface area contributed by atoms with Gasteiger partial charge in [0.15, 0.2) is 0 Å². The third-order valence-corrected chi connectivity index (χ3v) is 2.16. The van der Waals surface area contributed by atoms with Crippen LogP contribution in [0.4, 0.5) is 0 Å². The highest BCUT2D eigenvalue weighted by atomic mass is 16.2. The summed E-state index contributed by atoms with van der Waals surface area (Å²) in [6.45, 7) is 5.49. The number of amides is 2. The third-order valence-electron chi connectivity index (χ3n) is 2.16. The van der Waals surface area contributed by atoms with Gasteiger partial charge in [-0.2, -0.15) is 0 Å². The molecule has 1 aliphatic carbocycles. The second-order valence-corrected chi connectivity index (χ2v) is 3.90. The summed E-state index contributed by atoms with van der Waals surface area (Å²) in [5.41, 5.74) is 6.00. The number of hydrogen-bond acceptors (Lipinski definition) is 2. The molecule has 14 heavy (non-hydrogen) atoms. The third kappa shape index (κ3) is 3.20. The number of nitrogens with one attached hydrogen (secondary N) is 1. The lowest BCUT2D eigenvalue weighted by atomic mass is 10.1. The fourth-order valence-corrected chi connectivity index (χ4v) is 1.21. The minimum absolute atomic E-state index is 0.0601. The molecule has 3 N–H and O–H groups in total. The summed E-state index contributed by atoms with van der Waals surface area (Å²) in [7, 11) is 0. The van der Waals surface area contributed by atoms with Crippen molar-refractivity contribution in [2.75, 3.05) is 0 Å². The van der Waals surface area contributed by atoms with Crippen LogP contribution in [0.1, 0.15) is 26.2 Å². The fraction of sp³-hybridized carbons (Fsp3) is 0.600. The largest absolute Gasteiger partial charge is 0.368 e. The Kier molecular flexibility index (Phi) is 3.28. The van der Waals surface area contributed by atoms with Crippen LogP contribution in [0.3, 0.4) is 0 Å². The van der Waals surface area contributed by atoms with Crippen LogP contribution in [-0.2, 0) is 9.59 Å². The summed E-state index contributed by atoms with van der Waals surface area (Å²) in [5.74, 6) is -0.459. The van der Waals surface area contributed by atoms with Crippen molar-refractivity contribution in [1.82, 2.24) is 5.32 Å². The Labute approximate surface area is 83.5 Å². The van der Waals surface area contributed by atoms with Crippen LogP contribution in [0.25, 0.3) is 0 Å². The highest BCUT2D eigenvalue weighted by molar-refractivity contribution is 5.88. The van der Waals surface area contributed by atoms with Crippen LogP contribution < -0.4 is 11.1 Å². The van der Waals surface area contributed by atoms with E-state index in [1.54, 1.807) is 6.92 Å². The van der Waals surface area contributed by atoms with E-state index in [4.69, 9.17) is 5.73 Å². The van der Waals surface area contributed by atoms with E-state index in [2.05, 4.69) is 11.9 Å². The molecule has 4 nitrogen and oxygen atoms in total. The number of nitrogens with two attached hydrogens (primary N) is 1. The summed E-state index contributed by atoms with van der Waals surface area (Å²) < 4.78 is 0. The first-order valence-electron chi connectivity index (χ1n) is 4.74. The van der Waals surface area contributed by atoms with Gasteiger partial charge in [-0.15, -0.1) is 6.58 Å². The minimum atomic E-state index is -0.597. The van der Waals surface area contributed by atoms with Gasteiger partial charge in [0, 0.05) is 5.92 Å². The van der Waals surface area contributed by atoms with Crippen molar-refractivity contribution in [3.05, 3.63) is 12.2 Å². The van der Waals surface area contributed by atoms with Crippen molar-refractivity contribution in [3.63, 3.8) is 0 Å². The van der Waals surface area contributed by atoms with Crippen molar-refractivity contribution >= 4 is 11.8 Å². The van der Waals surface area contributed by atoms with Gasteiger partial charge in [0.05, 0.1) is 0 Å². The van der Waals surface area contributed by atoms with E-state index in [0.717, 1.165) is 18.4 Å². The Balaban J connectivity index is 2.45. The highest BCUT2D eigenvalue weighted by Crippen LogP contribution is 2.29. The molecule has 1 rings (SSSR count). The molecule has 1 saturated carbocycles. The lowest BCUT2D eigenvalue weighted by Gasteiger charge is -2.14. The molecule has 0 aromatic heterocycles. The minimum Gasteiger partial charge on any atom is -0.368 e. The second-order valence-electron chi connectivity index (χ2n) is 3.90. The summed E-state index contributed by atoms with van der Waals surface area (Å²) in [5, 5.41) is 2.64. The molecule has 0 aromatic carbocycles. The van der Waals surface area contributed by atoms with Gasteiger partial charge >= 0.3 is 0 Å². The average Bonchev–Trinajstić information content (AvgIpc) is 2.83. The predicted octanol–water partition coefficient (Wildman–Crippen LogP) is 0.333. The van der Waals surface area contributed by atoms with Crippen molar-refractivity contribution in [2.45, 2.75) is 32.2 Å². The van der Waals surface area contributed by atoms with Crippen LogP contribution in [0.15, 0.2) is 12.2 Å². The number of carbonyl (C=O) groups is 2. The topological polar surface area (TPSA) is 72.2 Å². The first-order valence-corrected chi connectivity index (χ1v) is 4.74. The predicted molar refractivity (Wildman–Crippen MR) is 53.3 cm³/mol. The number of rotatable bonds is 5. The Bertz CT molecular complexity index is 269. The molecule has 1 atom stereocenters. The zero-order valence-electron chi connectivity index (χ0n) is 8.38. The smallest absolute Gasteiger partial charge is 0.240 e. The quantitative estimate of drug-likeness (QED) is 0.622. The molecule has 0 saturated heterocycles. The molecule has 0 unspecified atom stereocenters. The van der Waals surface area contributed by atoms with E-state index in [0.29, 0.717) is 6.42 Å².